The zero-order valence-electron chi connectivity index (χ0n) is 10.8. The van der Waals surface area contributed by atoms with E-state index in [4.69, 9.17) is 4.42 Å². The summed E-state index contributed by atoms with van der Waals surface area (Å²) < 4.78 is 45.1. The van der Waals surface area contributed by atoms with Crippen LogP contribution in [0.4, 0.5) is 13.2 Å². The van der Waals surface area contributed by atoms with Crippen LogP contribution in [-0.4, -0.2) is 42.7 Å². The highest BCUT2D eigenvalue weighted by Crippen LogP contribution is 2.14. The molecule has 0 saturated carbocycles. The Morgan fingerprint density at radius 1 is 1.16 bits per heavy atom. The molecule has 1 aromatic rings. The molecule has 0 unspecified atom stereocenters. The molecule has 0 aromatic carbocycles. The van der Waals surface area contributed by atoms with Crippen LogP contribution in [0, 0.1) is 0 Å². The molecule has 0 amide bonds. The predicted molar refractivity (Wildman–Crippen MR) is 61.7 cm³/mol. The van der Waals surface area contributed by atoms with Gasteiger partial charge in [-0.3, -0.25) is 0 Å². The first-order valence-corrected chi connectivity index (χ1v) is 6.17. The van der Waals surface area contributed by atoms with Gasteiger partial charge >= 0.3 is 6.18 Å². The van der Waals surface area contributed by atoms with Crippen LogP contribution < -0.4 is 5.32 Å². The van der Waals surface area contributed by atoms with Crippen LogP contribution in [-0.2, 0) is 17.6 Å². The average Bonchev–Trinajstić information content (AvgIpc) is 2.77. The summed E-state index contributed by atoms with van der Waals surface area (Å²) >= 11 is 0. The number of nitrogens with zero attached hydrogens (tertiary/aromatic N) is 2. The topological polar surface area (TPSA) is 60.2 Å². The zero-order valence-corrected chi connectivity index (χ0v) is 10.8. The van der Waals surface area contributed by atoms with E-state index in [9.17, 15) is 13.2 Å². The van der Waals surface area contributed by atoms with Crippen molar-refractivity contribution in [3.63, 3.8) is 0 Å². The van der Waals surface area contributed by atoms with Crippen molar-refractivity contribution in [2.24, 2.45) is 0 Å². The van der Waals surface area contributed by atoms with Crippen molar-refractivity contribution in [1.29, 1.82) is 0 Å². The normalized spacial score (nSPS) is 12.0. The second-order valence-corrected chi connectivity index (χ2v) is 4.01. The molecule has 19 heavy (non-hydrogen) atoms. The number of alkyl halides is 3. The number of aromatic nitrogens is 2. The van der Waals surface area contributed by atoms with Gasteiger partial charge in [-0.1, -0.05) is 6.92 Å². The van der Waals surface area contributed by atoms with Gasteiger partial charge in [0, 0.05) is 19.4 Å². The molecular formula is C11H18F3N3O2. The number of rotatable bonds is 9. The molecule has 1 heterocycles. The highest BCUT2D eigenvalue weighted by Gasteiger charge is 2.27. The number of hydrogen-bond donors (Lipinski definition) is 1. The molecule has 0 aliphatic rings. The first-order valence-electron chi connectivity index (χ1n) is 6.17. The van der Waals surface area contributed by atoms with Crippen LogP contribution in [0.1, 0.15) is 25.1 Å². The van der Waals surface area contributed by atoms with Crippen molar-refractivity contribution < 1.29 is 22.3 Å². The highest BCUT2D eigenvalue weighted by atomic mass is 19.4. The average molecular weight is 281 g/mol. The molecule has 0 bridgehead atoms. The maximum atomic E-state index is 11.8. The van der Waals surface area contributed by atoms with E-state index in [1.54, 1.807) is 0 Å². The number of hydrogen-bond acceptors (Lipinski definition) is 5. The van der Waals surface area contributed by atoms with Crippen LogP contribution in [0.25, 0.3) is 0 Å². The van der Waals surface area contributed by atoms with E-state index in [2.05, 4.69) is 27.2 Å². The van der Waals surface area contributed by atoms with Crippen molar-refractivity contribution >= 4 is 0 Å². The van der Waals surface area contributed by atoms with Gasteiger partial charge in [0.2, 0.25) is 11.8 Å². The molecule has 0 saturated heterocycles. The summed E-state index contributed by atoms with van der Waals surface area (Å²) in [6.45, 7) is 2.38. The summed E-state index contributed by atoms with van der Waals surface area (Å²) in [5.74, 6) is 0.780. The highest BCUT2D eigenvalue weighted by molar-refractivity contribution is 4.82. The third kappa shape index (κ3) is 7.78. The lowest BCUT2D eigenvalue weighted by Crippen LogP contribution is -2.18. The molecule has 110 valence electrons. The van der Waals surface area contributed by atoms with Crippen LogP contribution in [0.2, 0.25) is 0 Å². The summed E-state index contributed by atoms with van der Waals surface area (Å²) in [5, 5.41) is 10.7. The monoisotopic (exact) mass is 281 g/mol. The summed E-state index contributed by atoms with van der Waals surface area (Å²) in [6.07, 6.45) is -2.46. The van der Waals surface area contributed by atoms with Crippen LogP contribution >= 0.6 is 0 Å². The molecule has 1 N–H and O–H groups in total. The number of halogens is 3. The Bertz CT molecular complexity index is 355. The third-order valence-corrected chi connectivity index (χ3v) is 2.18. The smallest absolute Gasteiger partial charge is 0.411 e. The second kappa shape index (κ2) is 8.11. The van der Waals surface area contributed by atoms with Crippen molar-refractivity contribution in [3.8, 4) is 0 Å². The first-order chi connectivity index (χ1) is 9.01. The fraction of sp³-hybridized carbons (Fsp3) is 0.818. The summed E-state index contributed by atoms with van der Waals surface area (Å²) in [7, 11) is 0. The molecule has 0 spiro atoms. The van der Waals surface area contributed by atoms with E-state index < -0.39 is 12.8 Å². The molecule has 1 aromatic heterocycles. The van der Waals surface area contributed by atoms with Gasteiger partial charge in [0.1, 0.15) is 6.61 Å². The Hall–Kier alpha value is -1.15. The van der Waals surface area contributed by atoms with Gasteiger partial charge < -0.3 is 14.5 Å². The molecule has 0 radical (unpaired) electrons. The molecule has 8 heteroatoms. The molecule has 0 aliphatic heterocycles. The van der Waals surface area contributed by atoms with E-state index >= 15 is 0 Å². The molecule has 1 rings (SSSR count). The lowest BCUT2D eigenvalue weighted by atomic mass is 10.4. The number of ether oxygens (including phenoxy) is 1. The summed E-state index contributed by atoms with van der Waals surface area (Å²) in [5.41, 5.74) is 0. The van der Waals surface area contributed by atoms with Crippen LogP contribution in [0.15, 0.2) is 4.42 Å². The van der Waals surface area contributed by atoms with Crippen molar-refractivity contribution in [2.75, 3.05) is 26.3 Å². The zero-order chi connectivity index (χ0) is 14.1. The Morgan fingerprint density at radius 2 is 1.84 bits per heavy atom. The van der Waals surface area contributed by atoms with E-state index in [0.29, 0.717) is 18.2 Å². The fourth-order valence-corrected chi connectivity index (χ4v) is 1.33. The molecule has 0 atom stereocenters. The Labute approximate surface area is 109 Å². The molecule has 0 fully saturated rings. The Morgan fingerprint density at radius 3 is 2.47 bits per heavy atom. The van der Waals surface area contributed by atoms with Crippen molar-refractivity contribution in [1.82, 2.24) is 15.5 Å². The van der Waals surface area contributed by atoms with Crippen molar-refractivity contribution in [3.05, 3.63) is 11.8 Å². The van der Waals surface area contributed by atoms with Crippen LogP contribution in [0.3, 0.4) is 0 Å². The number of nitrogens with one attached hydrogen (secondary N) is 1. The van der Waals surface area contributed by atoms with Crippen molar-refractivity contribution in [2.45, 2.75) is 32.4 Å². The minimum absolute atomic E-state index is 0.0881. The minimum Gasteiger partial charge on any atom is -0.425 e. The van der Waals surface area contributed by atoms with Gasteiger partial charge in [-0.25, -0.2) is 0 Å². The molecule has 5 nitrogen and oxygen atoms in total. The SMILES string of the molecule is CCCNCCc1nnc(CCOCC(F)(F)F)o1. The van der Waals surface area contributed by atoms with Gasteiger partial charge in [0.15, 0.2) is 0 Å². The first kappa shape index (κ1) is 15.9. The van der Waals surface area contributed by atoms with E-state index in [-0.39, 0.29) is 13.0 Å². The third-order valence-electron chi connectivity index (χ3n) is 2.18. The summed E-state index contributed by atoms with van der Waals surface area (Å²) in [6, 6.07) is 0. The molecule has 0 aliphatic carbocycles. The standard InChI is InChI=1S/C11H18F3N3O2/c1-2-5-15-6-3-9-16-17-10(19-9)4-7-18-8-11(12,13)14/h15H,2-8H2,1H3. The van der Waals surface area contributed by atoms with Gasteiger partial charge in [-0.2, -0.15) is 13.2 Å². The quantitative estimate of drug-likeness (QED) is 0.699. The Kier molecular flexibility index (Phi) is 6.79. The molecular weight excluding hydrogens is 263 g/mol. The van der Waals surface area contributed by atoms with Gasteiger partial charge in [0.25, 0.3) is 0 Å². The summed E-state index contributed by atoms with van der Waals surface area (Å²) in [4.78, 5) is 0. The maximum Gasteiger partial charge on any atom is 0.411 e. The Balaban J connectivity index is 2.16. The largest absolute Gasteiger partial charge is 0.425 e. The van der Waals surface area contributed by atoms with Crippen LogP contribution in [0.5, 0.6) is 0 Å². The minimum atomic E-state index is -4.30. The predicted octanol–water partition coefficient (Wildman–Crippen LogP) is 1.73. The van der Waals surface area contributed by atoms with Gasteiger partial charge in [-0.05, 0) is 13.0 Å². The lowest BCUT2D eigenvalue weighted by Gasteiger charge is -2.05. The van der Waals surface area contributed by atoms with Gasteiger partial charge in [0.05, 0.1) is 6.61 Å². The van der Waals surface area contributed by atoms with E-state index in [1.807, 2.05) is 0 Å². The maximum absolute atomic E-state index is 11.8. The second-order valence-electron chi connectivity index (χ2n) is 4.01. The fourth-order valence-electron chi connectivity index (χ4n) is 1.33. The lowest BCUT2D eigenvalue weighted by molar-refractivity contribution is -0.173. The van der Waals surface area contributed by atoms with Gasteiger partial charge in [-0.15, -0.1) is 10.2 Å². The van der Waals surface area contributed by atoms with E-state index in [1.165, 1.54) is 0 Å². The van der Waals surface area contributed by atoms with E-state index in [0.717, 1.165) is 19.5 Å².